The third-order valence-electron chi connectivity index (χ3n) is 8.34. The van der Waals surface area contributed by atoms with Crippen LogP contribution in [-0.2, 0) is 36.8 Å². The van der Waals surface area contributed by atoms with Crippen LogP contribution in [0.25, 0.3) is 0 Å². The predicted molar refractivity (Wildman–Crippen MR) is 182 cm³/mol. The highest BCUT2D eigenvalue weighted by Gasteiger charge is 2.34. The molecule has 0 aromatic heterocycles. The number of carbonyl (C=O) groups excluding carboxylic acids is 4. The minimum Gasteiger partial charge on any atom is -0.496 e. The van der Waals surface area contributed by atoms with Crippen LogP contribution >= 0.6 is 0 Å². The molecule has 6 N–H and O–H groups in total. The normalized spacial score (nSPS) is 15.0. The molecule has 0 aliphatic rings. The predicted octanol–water partition coefficient (Wildman–Crippen LogP) is 2.61. The van der Waals surface area contributed by atoms with Crippen LogP contribution in [0, 0.1) is 17.8 Å². The number of aliphatic carboxylic acids is 1. The van der Waals surface area contributed by atoms with Gasteiger partial charge in [0.2, 0.25) is 23.6 Å². The Labute approximate surface area is 283 Å². The van der Waals surface area contributed by atoms with Crippen LogP contribution in [0.5, 0.6) is 5.75 Å². The first-order valence-electron chi connectivity index (χ1n) is 16.4. The fraction of sp³-hybridized carbons (Fsp3) is 0.528. The minimum absolute atomic E-state index is 0.00788. The smallest absolute Gasteiger partial charge is 0.326 e. The zero-order valence-corrected chi connectivity index (χ0v) is 29.0. The number of carboxylic acid groups (broad SMARTS) is 1. The highest BCUT2D eigenvalue weighted by molar-refractivity contribution is 5.91. The molecule has 0 saturated heterocycles. The molecule has 2 aromatic carbocycles. The monoisotopic (exact) mass is 668 g/mol. The van der Waals surface area contributed by atoms with Crippen LogP contribution in [0.15, 0.2) is 54.6 Å². The number of amides is 4. The third-order valence-corrected chi connectivity index (χ3v) is 8.34. The summed E-state index contributed by atoms with van der Waals surface area (Å²) >= 11 is 0. The first kappa shape index (κ1) is 39.7. The molecule has 6 atom stereocenters. The number of hydrogen-bond acceptors (Lipinski definition) is 7. The number of para-hydroxylation sites is 1. The molecule has 4 amide bonds. The molecule has 264 valence electrons. The zero-order chi connectivity index (χ0) is 36.0. The van der Waals surface area contributed by atoms with E-state index in [2.05, 4.69) is 21.3 Å². The molecule has 0 spiro atoms. The molecule has 2 aromatic rings. The standard InChI is InChI=1S/C36H52N4O8/c1-8-23(6)33(35(45)40-32(22(4)5)36(46)47)39-30(43)20-27(41)26(18-24-14-10-9-11-15-24)37-34(44)31(21(2)3)38-29(42)19-25-16-12-13-17-28(25)48-7/h9-17,21-23,26-27,31-33,41H,8,18-20H2,1-7H3,(H,37,44)(H,38,42)(H,39,43)(H,40,45)(H,46,47)/t23-,26-,27-,31?,32?,33-/m0/s1. The lowest BCUT2D eigenvalue weighted by Gasteiger charge is -2.30. The fourth-order valence-corrected chi connectivity index (χ4v) is 5.23. The quantitative estimate of drug-likeness (QED) is 0.132. The summed E-state index contributed by atoms with van der Waals surface area (Å²) in [6, 6.07) is 12.2. The van der Waals surface area contributed by atoms with E-state index in [0.717, 1.165) is 5.56 Å². The number of hydrogen-bond donors (Lipinski definition) is 6. The molecule has 0 saturated carbocycles. The Morgan fingerprint density at radius 1 is 0.729 bits per heavy atom. The molecule has 12 nitrogen and oxygen atoms in total. The summed E-state index contributed by atoms with van der Waals surface area (Å²) < 4.78 is 5.34. The number of ether oxygens (including phenoxy) is 1. The van der Waals surface area contributed by atoms with Gasteiger partial charge in [-0.1, -0.05) is 96.5 Å². The Morgan fingerprint density at radius 3 is 1.85 bits per heavy atom. The molecule has 12 heteroatoms. The fourth-order valence-electron chi connectivity index (χ4n) is 5.23. The van der Waals surface area contributed by atoms with E-state index in [9.17, 15) is 34.2 Å². The maximum absolute atomic E-state index is 13.6. The lowest BCUT2D eigenvalue weighted by Crippen LogP contribution is -2.57. The van der Waals surface area contributed by atoms with Gasteiger partial charge in [0.05, 0.1) is 32.1 Å². The Hall–Kier alpha value is -4.45. The van der Waals surface area contributed by atoms with E-state index < -0.39 is 60.4 Å². The largest absolute Gasteiger partial charge is 0.496 e. The molecule has 0 bridgehead atoms. The SMILES string of the molecule is CC[C@H](C)[C@H](NC(=O)C[C@H](O)[C@H](Cc1ccccc1)NC(=O)C(NC(=O)Cc1ccccc1OC)C(C)C)C(=O)NC(C(=O)O)C(C)C. The second kappa shape index (κ2) is 19.4. The van der Waals surface area contributed by atoms with Gasteiger partial charge in [-0.15, -0.1) is 0 Å². The average Bonchev–Trinajstić information content (AvgIpc) is 3.04. The van der Waals surface area contributed by atoms with E-state index in [4.69, 9.17) is 4.74 Å². The van der Waals surface area contributed by atoms with Crippen LogP contribution in [0.4, 0.5) is 0 Å². The van der Waals surface area contributed by atoms with E-state index in [0.29, 0.717) is 17.7 Å². The van der Waals surface area contributed by atoms with Gasteiger partial charge in [0.1, 0.15) is 23.9 Å². The summed E-state index contributed by atoms with van der Waals surface area (Å²) in [6.07, 6.45) is -1.12. The molecular weight excluding hydrogens is 616 g/mol. The van der Waals surface area contributed by atoms with Crippen molar-refractivity contribution in [1.82, 2.24) is 21.3 Å². The maximum atomic E-state index is 13.6. The zero-order valence-electron chi connectivity index (χ0n) is 29.0. The molecule has 0 radical (unpaired) electrons. The van der Waals surface area contributed by atoms with Crippen molar-refractivity contribution in [3.63, 3.8) is 0 Å². The van der Waals surface area contributed by atoms with Crippen molar-refractivity contribution < 1.29 is 38.9 Å². The van der Waals surface area contributed by atoms with Crippen molar-refractivity contribution in [3.05, 3.63) is 65.7 Å². The first-order chi connectivity index (χ1) is 22.7. The van der Waals surface area contributed by atoms with Gasteiger partial charge in [-0.2, -0.15) is 0 Å². The van der Waals surface area contributed by atoms with E-state index in [1.54, 1.807) is 58.9 Å². The Bertz CT molecular complexity index is 1370. The van der Waals surface area contributed by atoms with Gasteiger partial charge < -0.3 is 36.2 Å². The highest BCUT2D eigenvalue weighted by Crippen LogP contribution is 2.18. The number of methoxy groups -OCH3 is 1. The van der Waals surface area contributed by atoms with Gasteiger partial charge in [0.15, 0.2) is 0 Å². The Balaban J connectivity index is 2.22. The number of aliphatic hydroxyl groups excluding tert-OH is 1. The van der Waals surface area contributed by atoms with Gasteiger partial charge in [-0.05, 0) is 35.8 Å². The van der Waals surface area contributed by atoms with Crippen molar-refractivity contribution >= 4 is 29.6 Å². The van der Waals surface area contributed by atoms with Crippen molar-refractivity contribution in [1.29, 1.82) is 0 Å². The van der Waals surface area contributed by atoms with Gasteiger partial charge in [-0.25, -0.2) is 4.79 Å². The van der Waals surface area contributed by atoms with Crippen molar-refractivity contribution in [2.24, 2.45) is 17.8 Å². The minimum atomic E-state index is -1.37. The topological polar surface area (TPSA) is 183 Å². The summed E-state index contributed by atoms with van der Waals surface area (Å²) in [7, 11) is 1.51. The number of aliphatic hydroxyl groups is 1. The first-order valence-corrected chi connectivity index (χ1v) is 16.4. The number of carbonyl (C=O) groups is 5. The number of carboxylic acids is 1. The van der Waals surface area contributed by atoms with Crippen molar-refractivity contribution in [3.8, 4) is 5.75 Å². The second-order valence-corrected chi connectivity index (χ2v) is 12.9. The van der Waals surface area contributed by atoms with E-state index in [1.165, 1.54) is 7.11 Å². The number of nitrogens with one attached hydrogen (secondary N) is 4. The lowest BCUT2D eigenvalue weighted by molar-refractivity contribution is -0.143. The van der Waals surface area contributed by atoms with E-state index in [-0.39, 0.29) is 36.5 Å². The molecule has 0 aliphatic heterocycles. The molecule has 2 rings (SSSR count). The number of rotatable bonds is 19. The van der Waals surface area contributed by atoms with Gasteiger partial charge >= 0.3 is 5.97 Å². The average molecular weight is 669 g/mol. The molecular formula is C36H52N4O8. The third kappa shape index (κ3) is 12.3. The molecule has 0 fully saturated rings. The summed E-state index contributed by atoms with van der Waals surface area (Å²) in [5, 5.41) is 31.7. The van der Waals surface area contributed by atoms with Crippen LogP contribution in [-0.4, -0.2) is 77.2 Å². The van der Waals surface area contributed by atoms with Gasteiger partial charge in [0.25, 0.3) is 0 Å². The Morgan fingerprint density at radius 2 is 1.29 bits per heavy atom. The van der Waals surface area contributed by atoms with Crippen molar-refractivity contribution in [2.75, 3.05) is 7.11 Å². The van der Waals surface area contributed by atoms with E-state index in [1.807, 2.05) is 37.3 Å². The van der Waals surface area contributed by atoms with Crippen LogP contribution in [0.3, 0.4) is 0 Å². The summed E-state index contributed by atoms with van der Waals surface area (Å²) in [5.74, 6) is -3.84. The van der Waals surface area contributed by atoms with Crippen LogP contribution in [0.1, 0.15) is 65.5 Å². The van der Waals surface area contributed by atoms with E-state index >= 15 is 0 Å². The second-order valence-electron chi connectivity index (χ2n) is 12.9. The summed E-state index contributed by atoms with van der Waals surface area (Å²) in [5.41, 5.74) is 1.46. The van der Waals surface area contributed by atoms with Gasteiger partial charge in [0, 0.05) is 5.56 Å². The molecule has 2 unspecified atom stereocenters. The maximum Gasteiger partial charge on any atom is 0.326 e. The lowest BCUT2D eigenvalue weighted by atomic mass is 9.95. The molecule has 0 aliphatic carbocycles. The highest BCUT2D eigenvalue weighted by atomic mass is 16.5. The Kier molecular flexibility index (Phi) is 16.0. The van der Waals surface area contributed by atoms with Crippen molar-refractivity contribution in [2.45, 2.75) is 97.5 Å². The molecule has 0 heterocycles. The summed E-state index contributed by atoms with van der Waals surface area (Å²) in [6.45, 7) is 10.5. The molecule has 48 heavy (non-hydrogen) atoms. The van der Waals surface area contributed by atoms with Crippen LogP contribution < -0.4 is 26.0 Å². The van der Waals surface area contributed by atoms with Gasteiger partial charge in [-0.3, -0.25) is 19.2 Å². The number of benzene rings is 2. The van der Waals surface area contributed by atoms with Crippen LogP contribution in [0.2, 0.25) is 0 Å². The summed E-state index contributed by atoms with van der Waals surface area (Å²) in [4.78, 5) is 64.7.